The minimum Gasteiger partial charge on any atom is -0.355 e. The van der Waals surface area contributed by atoms with E-state index in [4.69, 9.17) is 0 Å². The van der Waals surface area contributed by atoms with E-state index in [1.54, 1.807) is 0 Å². The van der Waals surface area contributed by atoms with E-state index in [0.717, 1.165) is 6.42 Å². The van der Waals surface area contributed by atoms with Crippen molar-refractivity contribution in [3.63, 3.8) is 0 Å². The number of halogens is 3. The molecule has 0 saturated carbocycles. The van der Waals surface area contributed by atoms with E-state index < -0.39 is 28.3 Å². The first-order valence-electron chi connectivity index (χ1n) is 5.31. The van der Waals surface area contributed by atoms with E-state index in [0.29, 0.717) is 30.2 Å². The number of nitrogens with one attached hydrogen (secondary N) is 1. The summed E-state index contributed by atoms with van der Waals surface area (Å²) in [4.78, 5) is 14.7. The molecule has 1 aromatic carbocycles. The molecule has 0 atom stereocenters. The predicted molar refractivity (Wildman–Crippen MR) is 56.5 cm³/mol. The van der Waals surface area contributed by atoms with E-state index in [2.05, 4.69) is 4.98 Å². The number of hydrogen-bond acceptors (Lipinski definition) is 1. The van der Waals surface area contributed by atoms with Gasteiger partial charge in [-0.1, -0.05) is 0 Å². The Morgan fingerprint density at radius 2 is 1.88 bits per heavy atom. The molecule has 0 fully saturated rings. The highest BCUT2D eigenvalue weighted by atomic mass is 19.2. The average Bonchev–Trinajstić information content (AvgIpc) is 2.74. The monoisotopic (exact) mass is 239 g/mol. The highest BCUT2D eigenvalue weighted by Crippen LogP contribution is 2.24. The first-order valence-corrected chi connectivity index (χ1v) is 5.31. The van der Waals surface area contributed by atoms with E-state index in [9.17, 15) is 18.0 Å². The van der Waals surface area contributed by atoms with Gasteiger partial charge >= 0.3 is 0 Å². The molecule has 0 amide bonds. The molecule has 0 spiro atoms. The van der Waals surface area contributed by atoms with Crippen molar-refractivity contribution < 1.29 is 13.2 Å². The maximum atomic E-state index is 13.5. The maximum Gasteiger partial charge on any atom is 0.196 e. The van der Waals surface area contributed by atoms with Crippen LogP contribution in [0.2, 0.25) is 0 Å². The Hall–Kier alpha value is -1.78. The van der Waals surface area contributed by atoms with Gasteiger partial charge in [0, 0.05) is 17.3 Å². The number of pyridine rings is 1. The van der Waals surface area contributed by atoms with Crippen molar-refractivity contribution in [3.8, 4) is 0 Å². The summed E-state index contributed by atoms with van der Waals surface area (Å²) in [6.07, 6.45) is 1.93. The molecule has 1 heterocycles. The van der Waals surface area contributed by atoms with Gasteiger partial charge < -0.3 is 4.98 Å². The maximum absolute atomic E-state index is 13.5. The molecule has 0 radical (unpaired) electrons. The molecule has 0 bridgehead atoms. The van der Waals surface area contributed by atoms with Crippen LogP contribution in [0.4, 0.5) is 13.2 Å². The second-order valence-electron chi connectivity index (χ2n) is 4.17. The van der Waals surface area contributed by atoms with Gasteiger partial charge in [-0.2, -0.15) is 0 Å². The molecule has 5 heteroatoms. The van der Waals surface area contributed by atoms with Gasteiger partial charge in [0.25, 0.3) is 0 Å². The molecule has 17 heavy (non-hydrogen) atoms. The summed E-state index contributed by atoms with van der Waals surface area (Å²) in [7, 11) is 0. The lowest BCUT2D eigenvalue weighted by atomic mass is 10.1. The molecule has 0 aliphatic heterocycles. The Balaban J connectivity index is 2.56. The number of hydrogen-bond donors (Lipinski definition) is 1. The highest BCUT2D eigenvalue weighted by molar-refractivity contribution is 5.81. The van der Waals surface area contributed by atoms with Crippen LogP contribution in [0.1, 0.15) is 17.7 Å². The first kappa shape index (κ1) is 10.4. The molecule has 3 rings (SSSR count). The van der Waals surface area contributed by atoms with Gasteiger partial charge in [-0.05, 0) is 19.3 Å². The molecule has 1 N–H and O–H groups in total. The summed E-state index contributed by atoms with van der Waals surface area (Å²) in [5.74, 6) is -3.55. The number of aromatic amines is 1. The van der Waals surface area contributed by atoms with Crippen LogP contribution in [0.25, 0.3) is 10.9 Å². The zero-order valence-corrected chi connectivity index (χ0v) is 8.74. The minimum absolute atomic E-state index is 0.241. The van der Waals surface area contributed by atoms with E-state index in [1.165, 1.54) is 0 Å². The summed E-state index contributed by atoms with van der Waals surface area (Å²) in [6.45, 7) is 0. The Labute approximate surface area is 94.1 Å². The summed E-state index contributed by atoms with van der Waals surface area (Å²) < 4.78 is 40.1. The van der Waals surface area contributed by atoms with Crippen LogP contribution < -0.4 is 5.43 Å². The Bertz CT molecular complexity index is 690. The summed E-state index contributed by atoms with van der Waals surface area (Å²) in [5.41, 5.74) is 0.241. The lowest BCUT2D eigenvalue weighted by molar-refractivity contribution is 0.504. The van der Waals surface area contributed by atoms with Gasteiger partial charge in [0.2, 0.25) is 0 Å². The number of aromatic nitrogens is 1. The van der Waals surface area contributed by atoms with Crippen LogP contribution in [0.3, 0.4) is 0 Å². The number of H-pyrrole nitrogens is 1. The third kappa shape index (κ3) is 1.31. The molecule has 1 aliphatic rings. The lowest BCUT2D eigenvalue weighted by Gasteiger charge is -2.06. The van der Waals surface area contributed by atoms with E-state index >= 15 is 0 Å². The van der Waals surface area contributed by atoms with Crippen LogP contribution in [-0.4, -0.2) is 4.98 Å². The molecule has 88 valence electrons. The van der Waals surface area contributed by atoms with Crippen molar-refractivity contribution in [1.29, 1.82) is 0 Å². The third-order valence-corrected chi connectivity index (χ3v) is 3.17. The minimum atomic E-state index is -1.33. The van der Waals surface area contributed by atoms with Crippen LogP contribution in [-0.2, 0) is 12.8 Å². The molecule has 0 unspecified atom stereocenters. The number of aryl methyl sites for hydroxylation is 1. The third-order valence-electron chi connectivity index (χ3n) is 3.17. The smallest absolute Gasteiger partial charge is 0.196 e. The summed E-state index contributed by atoms with van der Waals surface area (Å²) in [5, 5.41) is -0.511. The fourth-order valence-electron chi connectivity index (χ4n) is 2.36. The fraction of sp³-hybridized carbons (Fsp3) is 0.250. The summed E-state index contributed by atoms with van der Waals surface area (Å²) in [6, 6.07) is 0.453. The quantitative estimate of drug-likeness (QED) is 0.704. The molecule has 1 aliphatic carbocycles. The molecule has 2 nitrogen and oxygen atoms in total. The van der Waals surface area contributed by atoms with Gasteiger partial charge in [-0.3, -0.25) is 4.79 Å². The zero-order chi connectivity index (χ0) is 12.2. The summed E-state index contributed by atoms with van der Waals surface area (Å²) >= 11 is 0. The first-order chi connectivity index (χ1) is 8.09. The van der Waals surface area contributed by atoms with Gasteiger partial charge in [-0.15, -0.1) is 0 Å². The topological polar surface area (TPSA) is 32.9 Å². The van der Waals surface area contributed by atoms with Crippen molar-refractivity contribution in [3.05, 3.63) is 45.0 Å². The molecule has 2 aromatic rings. The van der Waals surface area contributed by atoms with Crippen LogP contribution >= 0.6 is 0 Å². The van der Waals surface area contributed by atoms with Crippen LogP contribution in [0.5, 0.6) is 0 Å². The number of benzene rings is 1. The van der Waals surface area contributed by atoms with Crippen molar-refractivity contribution in [2.24, 2.45) is 0 Å². The van der Waals surface area contributed by atoms with Crippen LogP contribution in [0.15, 0.2) is 10.9 Å². The second kappa shape index (κ2) is 3.35. The molecular weight excluding hydrogens is 231 g/mol. The predicted octanol–water partition coefficient (Wildman–Crippen LogP) is 2.43. The highest BCUT2D eigenvalue weighted by Gasteiger charge is 2.22. The van der Waals surface area contributed by atoms with E-state index in [1.807, 2.05) is 0 Å². The number of fused-ring (bicyclic) bond motifs is 2. The average molecular weight is 239 g/mol. The van der Waals surface area contributed by atoms with E-state index in [-0.39, 0.29) is 5.52 Å². The lowest BCUT2D eigenvalue weighted by Crippen LogP contribution is -2.14. The number of rotatable bonds is 0. The van der Waals surface area contributed by atoms with Gasteiger partial charge in [0.05, 0.1) is 10.9 Å². The van der Waals surface area contributed by atoms with Gasteiger partial charge in [-0.25, -0.2) is 13.2 Å². The standard InChI is InChI=1S/C12H8F3NO/c13-6-4-7(14)11-9(10(6)15)12(17)5-2-1-3-8(5)16-11/h4H,1-3H2,(H,16,17). The van der Waals surface area contributed by atoms with Gasteiger partial charge in [0.1, 0.15) is 0 Å². The van der Waals surface area contributed by atoms with Crippen molar-refractivity contribution in [2.45, 2.75) is 19.3 Å². The van der Waals surface area contributed by atoms with Gasteiger partial charge in [0.15, 0.2) is 22.9 Å². The Morgan fingerprint density at radius 3 is 2.65 bits per heavy atom. The normalized spacial score (nSPS) is 14.3. The Morgan fingerprint density at radius 1 is 1.12 bits per heavy atom. The van der Waals surface area contributed by atoms with Crippen LogP contribution in [0, 0.1) is 17.5 Å². The fourth-order valence-corrected chi connectivity index (χ4v) is 2.36. The SMILES string of the molecule is O=c1c2c([nH]c3c(F)cc(F)c(F)c13)CCC2. The zero-order valence-electron chi connectivity index (χ0n) is 8.74. The second-order valence-corrected chi connectivity index (χ2v) is 4.17. The van der Waals surface area contributed by atoms with Crippen molar-refractivity contribution >= 4 is 10.9 Å². The molecular formula is C12H8F3NO. The molecule has 1 aromatic heterocycles. The van der Waals surface area contributed by atoms with Crippen molar-refractivity contribution in [2.75, 3.05) is 0 Å². The molecule has 0 saturated heterocycles. The Kier molecular flexibility index (Phi) is 2.05. The van der Waals surface area contributed by atoms with Crippen molar-refractivity contribution in [1.82, 2.24) is 4.98 Å². The largest absolute Gasteiger partial charge is 0.355 e.